The maximum Gasteiger partial charge on any atom is 0.257 e. The molecule has 0 aliphatic carbocycles. The van der Waals surface area contributed by atoms with Crippen molar-refractivity contribution in [1.29, 1.82) is 0 Å². The van der Waals surface area contributed by atoms with Crippen molar-refractivity contribution in [2.75, 3.05) is 20.1 Å². The van der Waals surface area contributed by atoms with Gasteiger partial charge in [-0.25, -0.2) is 4.39 Å². The Hall–Kier alpha value is -2.34. The van der Waals surface area contributed by atoms with Gasteiger partial charge in [0.25, 0.3) is 5.91 Å². The Bertz CT molecular complexity index is 766. The van der Waals surface area contributed by atoms with E-state index in [1.807, 2.05) is 0 Å². The van der Waals surface area contributed by atoms with E-state index in [0.717, 1.165) is 0 Å². The van der Waals surface area contributed by atoms with Gasteiger partial charge in [-0.2, -0.15) is 0 Å². The first-order valence-electron chi connectivity index (χ1n) is 8.46. The summed E-state index contributed by atoms with van der Waals surface area (Å²) in [4.78, 5) is 28.2. The molecule has 0 spiro atoms. The van der Waals surface area contributed by atoms with Crippen molar-refractivity contribution < 1.29 is 18.4 Å². The monoisotopic (exact) mass is 378 g/mol. The smallest absolute Gasteiger partial charge is 0.257 e. The van der Waals surface area contributed by atoms with E-state index in [1.54, 1.807) is 24.1 Å². The summed E-state index contributed by atoms with van der Waals surface area (Å²) in [5.41, 5.74) is 0.832. The topological polar surface area (TPSA) is 53.8 Å². The number of amides is 2. The van der Waals surface area contributed by atoms with Crippen LogP contribution in [0.3, 0.4) is 0 Å². The van der Waals surface area contributed by atoms with Crippen LogP contribution in [0.1, 0.15) is 28.8 Å². The van der Waals surface area contributed by atoms with Crippen LogP contribution in [0.25, 0.3) is 0 Å². The number of likely N-dealkylation sites (tertiary alicyclic amines) is 1. The summed E-state index contributed by atoms with van der Waals surface area (Å²) < 4.78 is 18.9. The van der Waals surface area contributed by atoms with Gasteiger partial charge in [0.15, 0.2) is 0 Å². The van der Waals surface area contributed by atoms with Gasteiger partial charge in [0, 0.05) is 43.2 Å². The molecule has 1 aliphatic rings. The SMILES string of the molecule is CN(Cc1c(F)cccc1Cl)C(=O)C1CCN(C(=O)c2ccoc2)CC1. The highest BCUT2D eigenvalue weighted by molar-refractivity contribution is 6.31. The first-order chi connectivity index (χ1) is 12.5. The van der Waals surface area contributed by atoms with Gasteiger partial charge >= 0.3 is 0 Å². The molecule has 0 unspecified atom stereocenters. The minimum atomic E-state index is -0.419. The van der Waals surface area contributed by atoms with Crippen molar-refractivity contribution in [2.45, 2.75) is 19.4 Å². The molecule has 1 saturated heterocycles. The number of hydrogen-bond donors (Lipinski definition) is 0. The molecule has 1 aromatic heterocycles. The number of carbonyl (C=O) groups is 2. The number of furan rings is 1. The molecule has 0 atom stereocenters. The summed E-state index contributed by atoms with van der Waals surface area (Å²) in [5.74, 6) is -0.743. The van der Waals surface area contributed by atoms with Crippen LogP contribution in [-0.4, -0.2) is 41.8 Å². The Morgan fingerprint density at radius 3 is 2.65 bits per heavy atom. The molecule has 0 radical (unpaired) electrons. The van der Waals surface area contributed by atoms with E-state index in [0.29, 0.717) is 42.1 Å². The average molecular weight is 379 g/mol. The summed E-state index contributed by atoms with van der Waals surface area (Å²) in [5, 5.41) is 0.310. The molecule has 5 nitrogen and oxygen atoms in total. The molecule has 7 heteroatoms. The lowest BCUT2D eigenvalue weighted by molar-refractivity contribution is -0.136. The fraction of sp³-hybridized carbons (Fsp3) is 0.368. The number of halogens is 2. The molecule has 0 N–H and O–H groups in total. The molecule has 2 heterocycles. The third kappa shape index (κ3) is 3.90. The number of nitrogens with zero attached hydrogens (tertiary/aromatic N) is 2. The van der Waals surface area contributed by atoms with E-state index in [1.165, 1.54) is 29.6 Å². The molecule has 2 amide bonds. The van der Waals surface area contributed by atoms with E-state index in [9.17, 15) is 14.0 Å². The lowest BCUT2D eigenvalue weighted by atomic mass is 9.95. The van der Waals surface area contributed by atoms with Crippen LogP contribution in [0.15, 0.2) is 41.2 Å². The van der Waals surface area contributed by atoms with Gasteiger partial charge in [-0.3, -0.25) is 9.59 Å². The average Bonchev–Trinajstić information content (AvgIpc) is 3.18. The summed E-state index contributed by atoms with van der Waals surface area (Å²) in [6.45, 7) is 1.14. The minimum Gasteiger partial charge on any atom is -0.472 e. The molecule has 1 aliphatic heterocycles. The maximum atomic E-state index is 13.9. The van der Waals surface area contributed by atoms with Crippen LogP contribution in [0, 0.1) is 11.7 Å². The Kier molecular flexibility index (Phi) is 5.61. The molecule has 138 valence electrons. The molecule has 1 fully saturated rings. The van der Waals surface area contributed by atoms with Crippen molar-refractivity contribution in [1.82, 2.24) is 9.80 Å². The predicted molar refractivity (Wildman–Crippen MR) is 95.2 cm³/mol. The fourth-order valence-electron chi connectivity index (χ4n) is 3.21. The number of carbonyl (C=O) groups excluding carboxylic acids is 2. The zero-order valence-electron chi connectivity index (χ0n) is 14.5. The van der Waals surface area contributed by atoms with E-state index >= 15 is 0 Å². The van der Waals surface area contributed by atoms with Gasteiger partial charge in [0.1, 0.15) is 12.1 Å². The van der Waals surface area contributed by atoms with Gasteiger partial charge in [-0.1, -0.05) is 17.7 Å². The molecular weight excluding hydrogens is 359 g/mol. The summed E-state index contributed by atoms with van der Waals surface area (Å²) in [7, 11) is 1.65. The van der Waals surface area contributed by atoms with Crippen LogP contribution in [0.2, 0.25) is 5.02 Å². The van der Waals surface area contributed by atoms with Crippen molar-refractivity contribution in [3.63, 3.8) is 0 Å². The number of piperidine rings is 1. The van der Waals surface area contributed by atoms with Gasteiger partial charge in [-0.05, 0) is 31.0 Å². The third-order valence-corrected chi connectivity index (χ3v) is 5.09. The van der Waals surface area contributed by atoms with Crippen LogP contribution in [0.4, 0.5) is 4.39 Å². The van der Waals surface area contributed by atoms with Crippen LogP contribution >= 0.6 is 11.6 Å². The molecular formula is C19H20ClFN2O3. The highest BCUT2D eigenvalue weighted by Gasteiger charge is 2.30. The highest BCUT2D eigenvalue weighted by atomic mass is 35.5. The fourth-order valence-corrected chi connectivity index (χ4v) is 3.43. The molecule has 1 aromatic carbocycles. The van der Waals surface area contributed by atoms with Gasteiger partial charge in [0.2, 0.25) is 5.91 Å². The number of benzene rings is 1. The van der Waals surface area contributed by atoms with Gasteiger partial charge in [0.05, 0.1) is 11.8 Å². The van der Waals surface area contributed by atoms with Crippen LogP contribution in [0.5, 0.6) is 0 Å². The van der Waals surface area contributed by atoms with E-state index in [4.69, 9.17) is 16.0 Å². The number of rotatable bonds is 4. The largest absolute Gasteiger partial charge is 0.472 e. The van der Waals surface area contributed by atoms with Crippen molar-refractivity contribution in [3.05, 3.63) is 58.8 Å². The van der Waals surface area contributed by atoms with E-state index in [-0.39, 0.29) is 24.3 Å². The normalized spacial score (nSPS) is 15.1. The summed E-state index contributed by atoms with van der Waals surface area (Å²) in [6.07, 6.45) is 4.05. The lowest BCUT2D eigenvalue weighted by Crippen LogP contribution is -2.43. The Morgan fingerprint density at radius 1 is 1.31 bits per heavy atom. The Balaban J connectivity index is 1.57. The molecule has 2 aromatic rings. The second-order valence-electron chi connectivity index (χ2n) is 6.47. The second kappa shape index (κ2) is 7.91. The first-order valence-corrected chi connectivity index (χ1v) is 8.84. The second-order valence-corrected chi connectivity index (χ2v) is 6.88. The zero-order valence-corrected chi connectivity index (χ0v) is 15.2. The van der Waals surface area contributed by atoms with Crippen molar-refractivity contribution in [3.8, 4) is 0 Å². The molecule has 0 saturated carbocycles. The van der Waals surface area contributed by atoms with Gasteiger partial charge in [-0.15, -0.1) is 0 Å². The molecule has 0 bridgehead atoms. The highest BCUT2D eigenvalue weighted by Crippen LogP contribution is 2.24. The lowest BCUT2D eigenvalue weighted by Gasteiger charge is -2.33. The van der Waals surface area contributed by atoms with Crippen LogP contribution < -0.4 is 0 Å². The van der Waals surface area contributed by atoms with Crippen molar-refractivity contribution >= 4 is 23.4 Å². The molecule has 3 rings (SSSR count). The van der Waals surface area contributed by atoms with Gasteiger partial charge < -0.3 is 14.2 Å². The Morgan fingerprint density at radius 2 is 2.04 bits per heavy atom. The summed E-state index contributed by atoms with van der Waals surface area (Å²) >= 11 is 6.04. The predicted octanol–water partition coefficient (Wildman–Crippen LogP) is 3.58. The van der Waals surface area contributed by atoms with E-state index in [2.05, 4.69) is 0 Å². The van der Waals surface area contributed by atoms with Crippen LogP contribution in [-0.2, 0) is 11.3 Å². The summed E-state index contributed by atoms with van der Waals surface area (Å²) in [6, 6.07) is 6.11. The number of hydrogen-bond acceptors (Lipinski definition) is 3. The minimum absolute atomic E-state index is 0.0558. The standard InChI is InChI=1S/C19H20ClFN2O3/c1-22(11-15-16(20)3-2-4-17(15)21)18(24)13-5-8-23(9-6-13)19(25)14-7-10-26-12-14/h2-4,7,10,12-13H,5-6,8-9,11H2,1H3. The maximum absolute atomic E-state index is 13.9. The first kappa shape index (κ1) is 18.5. The van der Waals surface area contributed by atoms with Crippen molar-refractivity contribution in [2.24, 2.45) is 5.92 Å². The van der Waals surface area contributed by atoms with E-state index < -0.39 is 5.82 Å². The zero-order chi connectivity index (χ0) is 18.7. The Labute approximate surface area is 156 Å². The quantitative estimate of drug-likeness (QED) is 0.817. The third-order valence-electron chi connectivity index (χ3n) is 4.73. The molecule has 26 heavy (non-hydrogen) atoms.